The Morgan fingerprint density at radius 3 is 2.68 bits per heavy atom. The third-order valence-corrected chi connectivity index (χ3v) is 5.25. The van der Waals surface area contributed by atoms with Crippen LogP contribution in [-0.4, -0.2) is 34.7 Å². The molecule has 0 aliphatic carbocycles. The van der Waals surface area contributed by atoms with Crippen LogP contribution in [0.5, 0.6) is 5.75 Å². The van der Waals surface area contributed by atoms with Gasteiger partial charge in [-0.3, -0.25) is 4.79 Å². The van der Waals surface area contributed by atoms with Gasteiger partial charge in [0.25, 0.3) is 0 Å². The molecule has 0 fully saturated rings. The lowest BCUT2D eigenvalue weighted by atomic mass is 10.0. The first-order chi connectivity index (χ1) is 15.1. The molecular formula is C24H26N4O3. The average Bonchev–Trinajstić information content (AvgIpc) is 3.38. The van der Waals surface area contributed by atoms with Crippen molar-refractivity contribution in [3.63, 3.8) is 0 Å². The van der Waals surface area contributed by atoms with E-state index in [2.05, 4.69) is 32.6 Å². The van der Waals surface area contributed by atoms with Gasteiger partial charge in [-0.2, -0.15) is 4.98 Å². The van der Waals surface area contributed by atoms with Gasteiger partial charge in [0.1, 0.15) is 5.75 Å². The molecule has 4 aromatic rings. The number of rotatable bonds is 9. The molecular weight excluding hydrogens is 392 g/mol. The van der Waals surface area contributed by atoms with E-state index >= 15 is 0 Å². The number of H-pyrrole nitrogens is 1. The van der Waals surface area contributed by atoms with Crippen molar-refractivity contribution >= 4 is 16.8 Å². The van der Waals surface area contributed by atoms with Gasteiger partial charge in [0.15, 0.2) is 5.82 Å². The third-order valence-electron chi connectivity index (χ3n) is 5.25. The first-order valence-corrected chi connectivity index (χ1v) is 10.4. The fraction of sp³-hybridized carbons (Fsp3) is 0.292. The van der Waals surface area contributed by atoms with Gasteiger partial charge in [-0.15, -0.1) is 0 Å². The number of fused-ring (bicyclic) bond motifs is 1. The second-order valence-electron chi connectivity index (χ2n) is 7.44. The largest absolute Gasteiger partial charge is 0.497 e. The SMILES string of the molecule is COc1ccc(-c2[nH]c3ccccc3c2CCC(=O)NCCCc2nc(C)no2)cc1. The van der Waals surface area contributed by atoms with E-state index in [-0.39, 0.29) is 5.91 Å². The molecule has 4 rings (SSSR count). The minimum absolute atomic E-state index is 0.0349. The summed E-state index contributed by atoms with van der Waals surface area (Å²) in [5.41, 5.74) is 4.33. The predicted octanol–water partition coefficient (Wildman–Crippen LogP) is 4.22. The highest BCUT2D eigenvalue weighted by Crippen LogP contribution is 2.32. The highest BCUT2D eigenvalue weighted by atomic mass is 16.5. The van der Waals surface area contributed by atoms with Crippen molar-refractivity contribution in [1.82, 2.24) is 20.4 Å². The zero-order valence-corrected chi connectivity index (χ0v) is 17.8. The number of para-hydroxylation sites is 1. The van der Waals surface area contributed by atoms with Crippen LogP contribution in [0.15, 0.2) is 53.1 Å². The van der Waals surface area contributed by atoms with Crippen LogP contribution in [-0.2, 0) is 17.6 Å². The molecule has 7 nitrogen and oxygen atoms in total. The van der Waals surface area contributed by atoms with E-state index < -0.39 is 0 Å². The summed E-state index contributed by atoms with van der Waals surface area (Å²) in [6, 6.07) is 16.2. The zero-order chi connectivity index (χ0) is 21.6. The Balaban J connectivity index is 1.40. The Labute approximate surface area is 180 Å². The molecule has 2 N–H and O–H groups in total. The zero-order valence-electron chi connectivity index (χ0n) is 17.8. The molecule has 7 heteroatoms. The number of aromatic nitrogens is 3. The van der Waals surface area contributed by atoms with Gasteiger partial charge < -0.3 is 19.6 Å². The summed E-state index contributed by atoms with van der Waals surface area (Å²) in [5.74, 6) is 2.09. The minimum atomic E-state index is 0.0349. The Kier molecular flexibility index (Phi) is 6.31. The Morgan fingerprint density at radius 2 is 1.94 bits per heavy atom. The van der Waals surface area contributed by atoms with E-state index in [0.29, 0.717) is 37.5 Å². The van der Waals surface area contributed by atoms with Gasteiger partial charge in [0, 0.05) is 36.0 Å². The molecule has 0 bridgehead atoms. The molecule has 0 unspecified atom stereocenters. The Morgan fingerprint density at radius 1 is 1.13 bits per heavy atom. The number of nitrogens with one attached hydrogen (secondary N) is 2. The fourth-order valence-corrected chi connectivity index (χ4v) is 3.70. The molecule has 0 saturated carbocycles. The van der Waals surface area contributed by atoms with E-state index in [1.54, 1.807) is 14.0 Å². The van der Waals surface area contributed by atoms with Gasteiger partial charge in [-0.05, 0) is 61.2 Å². The van der Waals surface area contributed by atoms with Crippen LogP contribution in [0.1, 0.15) is 30.1 Å². The van der Waals surface area contributed by atoms with E-state index in [0.717, 1.165) is 39.9 Å². The summed E-state index contributed by atoms with van der Waals surface area (Å²) in [7, 11) is 1.66. The number of ether oxygens (including phenoxy) is 1. The number of aromatic amines is 1. The number of hydrogen-bond acceptors (Lipinski definition) is 5. The maximum absolute atomic E-state index is 12.4. The summed E-state index contributed by atoms with van der Waals surface area (Å²) < 4.78 is 10.4. The average molecular weight is 418 g/mol. The lowest BCUT2D eigenvalue weighted by Gasteiger charge is -2.08. The normalized spacial score (nSPS) is 11.0. The van der Waals surface area contributed by atoms with Crippen molar-refractivity contribution in [1.29, 1.82) is 0 Å². The number of amides is 1. The lowest BCUT2D eigenvalue weighted by Crippen LogP contribution is -2.25. The quantitative estimate of drug-likeness (QED) is 0.397. The van der Waals surface area contributed by atoms with Gasteiger partial charge in [0.2, 0.25) is 11.8 Å². The molecule has 1 amide bonds. The third kappa shape index (κ3) is 4.94. The predicted molar refractivity (Wildman–Crippen MR) is 119 cm³/mol. The summed E-state index contributed by atoms with van der Waals surface area (Å²) >= 11 is 0. The number of carbonyl (C=O) groups excluding carboxylic acids is 1. The van der Waals surface area contributed by atoms with E-state index in [9.17, 15) is 4.79 Å². The molecule has 2 aromatic heterocycles. The lowest BCUT2D eigenvalue weighted by molar-refractivity contribution is -0.121. The van der Waals surface area contributed by atoms with Crippen molar-refractivity contribution in [2.24, 2.45) is 0 Å². The van der Waals surface area contributed by atoms with Crippen molar-refractivity contribution < 1.29 is 14.1 Å². The van der Waals surface area contributed by atoms with Crippen molar-refractivity contribution in [2.45, 2.75) is 32.6 Å². The second kappa shape index (κ2) is 9.47. The number of nitrogens with zero attached hydrogens (tertiary/aromatic N) is 2. The fourth-order valence-electron chi connectivity index (χ4n) is 3.70. The molecule has 0 atom stereocenters. The topological polar surface area (TPSA) is 93.0 Å². The summed E-state index contributed by atoms with van der Waals surface area (Å²) in [5, 5.41) is 7.91. The van der Waals surface area contributed by atoms with Crippen LogP contribution in [0.25, 0.3) is 22.2 Å². The van der Waals surface area contributed by atoms with Crippen LogP contribution in [0, 0.1) is 6.92 Å². The first kappa shape index (κ1) is 20.7. The van der Waals surface area contributed by atoms with E-state index in [1.807, 2.05) is 36.4 Å². The minimum Gasteiger partial charge on any atom is -0.497 e. The van der Waals surface area contributed by atoms with Crippen LogP contribution in [0.4, 0.5) is 0 Å². The molecule has 0 radical (unpaired) electrons. The maximum atomic E-state index is 12.4. The van der Waals surface area contributed by atoms with Gasteiger partial charge in [0.05, 0.1) is 7.11 Å². The second-order valence-corrected chi connectivity index (χ2v) is 7.44. The van der Waals surface area contributed by atoms with Crippen molar-refractivity contribution in [3.05, 3.63) is 65.8 Å². The monoisotopic (exact) mass is 418 g/mol. The number of carbonyl (C=O) groups is 1. The molecule has 31 heavy (non-hydrogen) atoms. The van der Waals surface area contributed by atoms with Crippen LogP contribution in [0.2, 0.25) is 0 Å². The molecule has 0 saturated heterocycles. The molecule has 2 heterocycles. The Hall–Kier alpha value is -3.61. The van der Waals surface area contributed by atoms with Gasteiger partial charge in [-0.25, -0.2) is 0 Å². The van der Waals surface area contributed by atoms with E-state index in [1.165, 1.54) is 0 Å². The van der Waals surface area contributed by atoms with Crippen molar-refractivity contribution in [2.75, 3.05) is 13.7 Å². The molecule has 160 valence electrons. The van der Waals surface area contributed by atoms with Gasteiger partial charge in [-0.1, -0.05) is 23.4 Å². The number of benzene rings is 2. The smallest absolute Gasteiger partial charge is 0.226 e. The highest BCUT2D eigenvalue weighted by Gasteiger charge is 2.14. The Bertz CT molecular complexity index is 1160. The molecule has 0 spiro atoms. The summed E-state index contributed by atoms with van der Waals surface area (Å²) in [6.45, 7) is 2.37. The molecule has 0 aliphatic heterocycles. The molecule has 0 aliphatic rings. The number of hydrogen-bond donors (Lipinski definition) is 2. The summed E-state index contributed by atoms with van der Waals surface area (Å²) in [6.07, 6.45) is 2.49. The van der Waals surface area contributed by atoms with Crippen LogP contribution < -0.4 is 10.1 Å². The van der Waals surface area contributed by atoms with E-state index in [4.69, 9.17) is 9.26 Å². The number of methoxy groups -OCH3 is 1. The van der Waals surface area contributed by atoms with Crippen LogP contribution in [0.3, 0.4) is 0 Å². The first-order valence-electron chi connectivity index (χ1n) is 10.4. The maximum Gasteiger partial charge on any atom is 0.226 e. The van der Waals surface area contributed by atoms with Crippen molar-refractivity contribution in [3.8, 4) is 17.0 Å². The number of aryl methyl sites for hydroxylation is 3. The highest BCUT2D eigenvalue weighted by molar-refractivity contribution is 5.91. The van der Waals surface area contributed by atoms with Crippen LogP contribution >= 0.6 is 0 Å². The molecule has 2 aromatic carbocycles. The van der Waals surface area contributed by atoms with Gasteiger partial charge >= 0.3 is 0 Å². The summed E-state index contributed by atoms with van der Waals surface area (Å²) in [4.78, 5) is 20.1. The standard InChI is InChI=1S/C24H26N4O3/c1-16-26-23(31-28-16)8-5-15-25-22(29)14-13-20-19-6-3-4-7-21(19)27-24(20)17-9-11-18(30-2)12-10-17/h3-4,6-7,9-12,27H,5,8,13-15H2,1-2H3,(H,25,29).